The first-order chi connectivity index (χ1) is 19.8. The Morgan fingerprint density at radius 1 is 0.381 bits per heavy atom. The lowest BCUT2D eigenvalue weighted by molar-refractivity contribution is -0.138. The first-order valence-electron chi connectivity index (χ1n) is 16.7. The Balaban J connectivity index is -0.000000229. The van der Waals surface area contributed by atoms with Gasteiger partial charge in [0.1, 0.15) is 0 Å². The van der Waals surface area contributed by atoms with Gasteiger partial charge in [0.15, 0.2) is 0 Å². The maximum atomic E-state index is 10.1. The maximum absolute atomic E-state index is 10.1. The zero-order valence-corrected chi connectivity index (χ0v) is 28.1. The first-order valence-corrected chi connectivity index (χ1v) is 16.7. The standard InChI is InChI=1S/2C9H18O2.2C8H16O2/c2*1-8(2)6-4-3-5-7-9(10)11;2*1-2-3-4-5-6-7-8(9)10/h2*8H,3-7H2,1-2H3,(H,10,11);2*2-7H2,1H3,(H,9,10). The fourth-order valence-electron chi connectivity index (χ4n) is 3.77. The van der Waals surface area contributed by atoms with Crippen LogP contribution in [0, 0.1) is 11.8 Å². The van der Waals surface area contributed by atoms with Crippen LogP contribution < -0.4 is 0 Å². The van der Waals surface area contributed by atoms with Gasteiger partial charge in [-0.1, -0.05) is 131 Å². The highest BCUT2D eigenvalue weighted by Gasteiger charge is 1.99. The molecule has 8 nitrogen and oxygen atoms in total. The summed E-state index contributed by atoms with van der Waals surface area (Å²) in [7, 11) is 0. The Bertz CT molecular complexity index is 550. The Morgan fingerprint density at radius 3 is 0.786 bits per heavy atom. The fourth-order valence-corrected chi connectivity index (χ4v) is 3.77. The Morgan fingerprint density at radius 2 is 0.595 bits per heavy atom. The lowest BCUT2D eigenvalue weighted by Crippen LogP contribution is -1.94. The molecule has 42 heavy (non-hydrogen) atoms. The molecule has 0 aliphatic heterocycles. The summed E-state index contributed by atoms with van der Waals surface area (Å²) in [5, 5.41) is 33.2. The molecule has 4 N–H and O–H groups in total. The molecule has 0 aromatic rings. The highest BCUT2D eigenvalue weighted by Crippen LogP contribution is 2.10. The van der Waals surface area contributed by atoms with E-state index in [2.05, 4.69) is 41.5 Å². The molecule has 0 spiro atoms. The minimum atomic E-state index is -0.672. The summed E-state index contributed by atoms with van der Waals surface area (Å²) in [5.41, 5.74) is 0. The number of hydrogen-bond donors (Lipinski definition) is 4. The van der Waals surface area contributed by atoms with Crippen LogP contribution in [-0.4, -0.2) is 44.3 Å². The normalized spacial score (nSPS) is 10.1. The van der Waals surface area contributed by atoms with E-state index in [1.807, 2.05) is 0 Å². The number of aliphatic carboxylic acids is 4. The van der Waals surface area contributed by atoms with E-state index < -0.39 is 23.9 Å². The second-order valence-electron chi connectivity index (χ2n) is 11.9. The Hall–Kier alpha value is -2.12. The molecule has 0 bridgehead atoms. The molecule has 0 aliphatic carbocycles. The second kappa shape index (κ2) is 38.9. The van der Waals surface area contributed by atoms with Crippen LogP contribution in [0.4, 0.5) is 0 Å². The maximum Gasteiger partial charge on any atom is 0.303 e. The summed E-state index contributed by atoms with van der Waals surface area (Å²) in [5.74, 6) is -1.18. The van der Waals surface area contributed by atoms with Gasteiger partial charge in [0.05, 0.1) is 0 Å². The van der Waals surface area contributed by atoms with Crippen LogP contribution in [0.3, 0.4) is 0 Å². The van der Waals surface area contributed by atoms with Gasteiger partial charge in [-0.05, 0) is 37.5 Å². The lowest BCUT2D eigenvalue weighted by atomic mass is 10.0. The second-order valence-corrected chi connectivity index (χ2v) is 11.9. The van der Waals surface area contributed by atoms with Crippen molar-refractivity contribution in [2.75, 3.05) is 0 Å². The van der Waals surface area contributed by atoms with Gasteiger partial charge in [-0.3, -0.25) is 19.2 Å². The predicted octanol–water partition coefficient (Wildman–Crippen LogP) is 10.2. The molecule has 0 fully saturated rings. The molecule has 0 atom stereocenters. The van der Waals surface area contributed by atoms with E-state index in [4.69, 9.17) is 20.4 Å². The summed E-state index contributed by atoms with van der Waals surface area (Å²) in [6.45, 7) is 13.1. The average molecular weight is 605 g/mol. The molecule has 252 valence electrons. The van der Waals surface area contributed by atoms with Crippen molar-refractivity contribution in [3.05, 3.63) is 0 Å². The van der Waals surface area contributed by atoms with Crippen LogP contribution in [0.2, 0.25) is 0 Å². The van der Waals surface area contributed by atoms with Crippen molar-refractivity contribution < 1.29 is 39.6 Å². The molecule has 0 rings (SSSR count). The van der Waals surface area contributed by atoms with Gasteiger partial charge in [0, 0.05) is 25.7 Å². The number of unbranched alkanes of at least 4 members (excludes halogenated alkanes) is 12. The SMILES string of the molecule is CC(C)CCCCCC(=O)O.CC(C)CCCCCC(=O)O.CCCCCCCC(=O)O.CCCCCCCC(=O)O. The topological polar surface area (TPSA) is 149 Å². The van der Waals surface area contributed by atoms with E-state index in [0.29, 0.717) is 25.7 Å². The smallest absolute Gasteiger partial charge is 0.303 e. The van der Waals surface area contributed by atoms with Crippen molar-refractivity contribution >= 4 is 23.9 Å². The molecule has 0 saturated heterocycles. The lowest BCUT2D eigenvalue weighted by Gasteiger charge is -2.02. The van der Waals surface area contributed by atoms with Gasteiger partial charge < -0.3 is 20.4 Å². The summed E-state index contributed by atoms with van der Waals surface area (Å²) in [6, 6.07) is 0. The molecule has 0 heterocycles. The Labute approximate surface area is 258 Å². The van der Waals surface area contributed by atoms with Crippen LogP contribution in [-0.2, 0) is 19.2 Å². The molecule has 0 aromatic carbocycles. The predicted molar refractivity (Wildman–Crippen MR) is 173 cm³/mol. The molecule has 0 amide bonds. The van der Waals surface area contributed by atoms with Crippen LogP contribution in [0.25, 0.3) is 0 Å². The highest BCUT2D eigenvalue weighted by atomic mass is 16.4. The van der Waals surface area contributed by atoms with E-state index in [0.717, 1.165) is 63.2 Å². The fraction of sp³-hybridized carbons (Fsp3) is 0.882. The number of carboxylic acids is 4. The van der Waals surface area contributed by atoms with Gasteiger partial charge in [0.25, 0.3) is 0 Å². The van der Waals surface area contributed by atoms with Crippen LogP contribution >= 0.6 is 0 Å². The molecule has 0 radical (unpaired) electrons. The van der Waals surface area contributed by atoms with Crippen molar-refractivity contribution in [2.45, 2.75) is 183 Å². The summed E-state index contributed by atoms with van der Waals surface area (Å²) in [6.07, 6.45) is 21.0. The van der Waals surface area contributed by atoms with Crippen molar-refractivity contribution in [2.24, 2.45) is 11.8 Å². The van der Waals surface area contributed by atoms with Crippen LogP contribution in [0.15, 0.2) is 0 Å². The molecule has 0 unspecified atom stereocenters. The van der Waals surface area contributed by atoms with Gasteiger partial charge in [-0.2, -0.15) is 0 Å². The summed E-state index contributed by atoms with van der Waals surface area (Å²) in [4.78, 5) is 40.3. The van der Waals surface area contributed by atoms with Gasteiger partial charge in [-0.25, -0.2) is 0 Å². The molecule has 0 aromatic heterocycles. The minimum Gasteiger partial charge on any atom is -0.481 e. The largest absolute Gasteiger partial charge is 0.481 e. The third kappa shape index (κ3) is 66.3. The van der Waals surface area contributed by atoms with E-state index >= 15 is 0 Å². The summed E-state index contributed by atoms with van der Waals surface area (Å²) >= 11 is 0. The highest BCUT2D eigenvalue weighted by molar-refractivity contribution is 5.67. The van der Waals surface area contributed by atoms with Gasteiger partial charge in [-0.15, -0.1) is 0 Å². The molecule has 0 saturated carbocycles. The van der Waals surface area contributed by atoms with Crippen molar-refractivity contribution in [3.8, 4) is 0 Å². The van der Waals surface area contributed by atoms with Crippen molar-refractivity contribution in [1.29, 1.82) is 0 Å². The molecule has 0 aliphatic rings. The van der Waals surface area contributed by atoms with Gasteiger partial charge in [0.2, 0.25) is 0 Å². The van der Waals surface area contributed by atoms with Crippen molar-refractivity contribution in [3.63, 3.8) is 0 Å². The number of rotatable bonds is 24. The van der Waals surface area contributed by atoms with Crippen LogP contribution in [0.1, 0.15) is 183 Å². The van der Waals surface area contributed by atoms with E-state index in [9.17, 15) is 19.2 Å². The molecular weight excluding hydrogens is 536 g/mol. The third-order valence-electron chi connectivity index (χ3n) is 6.33. The van der Waals surface area contributed by atoms with Crippen LogP contribution in [0.5, 0.6) is 0 Å². The van der Waals surface area contributed by atoms with E-state index in [1.165, 1.54) is 64.2 Å². The quantitative estimate of drug-likeness (QED) is 0.0795. The Kier molecular flexibility index (Phi) is 43.3. The molecule has 8 heteroatoms. The van der Waals surface area contributed by atoms with Gasteiger partial charge >= 0.3 is 23.9 Å². The number of hydrogen-bond acceptors (Lipinski definition) is 4. The number of carboxylic acid groups (broad SMARTS) is 4. The summed E-state index contributed by atoms with van der Waals surface area (Å²) < 4.78 is 0. The number of carbonyl (C=O) groups is 4. The zero-order valence-electron chi connectivity index (χ0n) is 28.1. The first kappa shape index (κ1) is 46.8. The van der Waals surface area contributed by atoms with Crippen molar-refractivity contribution in [1.82, 2.24) is 0 Å². The molecular formula is C34H68O8. The zero-order chi connectivity index (χ0) is 33.0. The monoisotopic (exact) mass is 604 g/mol. The minimum absolute atomic E-state index is 0.331. The average Bonchev–Trinajstić information content (AvgIpc) is 2.88. The van der Waals surface area contributed by atoms with E-state index in [-0.39, 0.29) is 0 Å². The van der Waals surface area contributed by atoms with E-state index in [1.54, 1.807) is 0 Å². The third-order valence-corrected chi connectivity index (χ3v) is 6.33.